The van der Waals surface area contributed by atoms with Crippen LogP contribution in [0.4, 0.5) is 13.2 Å². The molecular weight excluding hydrogens is 346 g/mol. The zero-order valence-corrected chi connectivity index (χ0v) is 12.4. The molecule has 118 valence electrons. The highest BCUT2D eigenvalue weighted by atomic mass is 35.5. The second-order valence-electron chi connectivity index (χ2n) is 4.36. The first-order chi connectivity index (χ1) is 10.1. The van der Waals surface area contributed by atoms with Crippen molar-refractivity contribution in [3.8, 4) is 5.69 Å². The van der Waals surface area contributed by atoms with Crippen LogP contribution >= 0.6 is 23.2 Å². The molecule has 5 nitrogen and oxygen atoms in total. The molecule has 0 fully saturated rings. The van der Waals surface area contributed by atoms with E-state index in [4.69, 9.17) is 29.0 Å². The summed E-state index contributed by atoms with van der Waals surface area (Å²) in [6.45, 7) is 1.53. The van der Waals surface area contributed by atoms with Gasteiger partial charge < -0.3 is 5.84 Å². The average molecular weight is 354 g/mol. The molecule has 0 saturated heterocycles. The van der Waals surface area contributed by atoms with Gasteiger partial charge in [-0.1, -0.05) is 23.2 Å². The molecule has 10 heteroatoms. The lowest BCUT2D eigenvalue weighted by atomic mass is 10.2. The molecule has 0 amide bonds. The minimum atomic E-state index is -4.94. The maximum absolute atomic E-state index is 12.7. The van der Waals surface area contributed by atoms with E-state index in [1.807, 2.05) is 0 Å². The number of aromatic nitrogens is 2. The molecule has 1 aromatic carbocycles. The van der Waals surface area contributed by atoms with Gasteiger partial charge in [-0.25, -0.2) is 14.0 Å². The van der Waals surface area contributed by atoms with Crippen LogP contribution in [0.15, 0.2) is 27.8 Å². The van der Waals surface area contributed by atoms with Crippen LogP contribution in [0.5, 0.6) is 0 Å². The predicted molar refractivity (Wildman–Crippen MR) is 76.2 cm³/mol. The molecule has 0 saturated carbocycles. The van der Waals surface area contributed by atoms with Crippen molar-refractivity contribution >= 4 is 23.2 Å². The highest BCUT2D eigenvalue weighted by Gasteiger charge is 2.36. The van der Waals surface area contributed by atoms with Crippen molar-refractivity contribution in [1.29, 1.82) is 0 Å². The molecule has 0 atom stereocenters. The molecule has 0 aliphatic rings. The second kappa shape index (κ2) is 5.36. The molecule has 1 aromatic heterocycles. The molecule has 0 unspecified atom stereocenters. The second-order valence-corrected chi connectivity index (χ2v) is 5.14. The third-order valence-corrected chi connectivity index (χ3v) is 3.86. The van der Waals surface area contributed by atoms with Gasteiger partial charge in [0.25, 0.3) is 5.56 Å². The van der Waals surface area contributed by atoms with Crippen molar-refractivity contribution in [2.24, 2.45) is 0 Å². The maximum atomic E-state index is 12.7. The molecule has 2 aromatic rings. The number of hydrogen-bond acceptors (Lipinski definition) is 3. The van der Waals surface area contributed by atoms with Gasteiger partial charge in [-0.2, -0.15) is 13.2 Å². The Hall–Kier alpha value is -1.93. The van der Waals surface area contributed by atoms with Crippen molar-refractivity contribution in [3.63, 3.8) is 0 Å². The zero-order valence-electron chi connectivity index (χ0n) is 10.9. The van der Waals surface area contributed by atoms with Gasteiger partial charge in [0.05, 0.1) is 10.7 Å². The first-order valence-corrected chi connectivity index (χ1v) is 6.47. The van der Waals surface area contributed by atoms with Crippen LogP contribution < -0.4 is 17.1 Å². The first kappa shape index (κ1) is 16.4. The monoisotopic (exact) mass is 353 g/mol. The van der Waals surface area contributed by atoms with Crippen molar-refractivity contribution in [2.45, 2.75) is 13.1 Å². The van der Waals surface area contributed by atoms with E-state index in [0.29, 0.717) is 10.1 Å². The van der Waals surface area contributed by atoms with E-state index in [1.165, 1.54) is 19.1 Å². The molecule has 1 heterocycles. The number of nitrogens with zero attached hydrogens (tertiary/aromatic N) is 2. The Morgan fingerprint density at radius 2 is 1.77 bits per heavy atom. The van der Waals surface area contributed by atoms with Crippen LogP contribution in [-0.2, 0) is 6.18 Å². The SMILES string of the molecule is Cc1c(Cl)ccc(-n2c(=O)cc(C(F)(F)F)n(N)c2=O)c1Cl. The smallest absolute Gasteiger partial charge is 0.335 e. The van der Waals surface area contributed by atoms with Gasteiger partial charge in [-0.05, 0) is 24.6 Å². The Morgan fingerprint density at radius 3 is 2.32 bits per heavy atom. The number of benzene rings is 1. The molecule has 0 spiro atoms. The van der Waals surface area contributed by atoms with E-state index >= 15 is 0 Å². The van der Waals surface area contributed by atoms with Crippen LogP contribution in [0.3, 0.4) is 0 Å². The summed E-state index contributed by atoms with van der Waals surface area (Å²) < 4.78 is 38.4. The molecule has 0 aliphatic heterocycles. The fraction of sp³-hybridized carbons (Fsp3) is 0.167. The van der Waals surface area contributed by atoms with Crippen molar-refractivity contribution in [1.82, 2.24) is 9.24 Å². The molecule has 0 aliphatic carbocycles. The van der Waals surface area contributed by atoms with Crippen LogP contribution in [-0.4, -0.2) is 9.24 Å². The molecule has 0 radical (unpaired) electrons. The van der Waals surface area contributed by atoms with Crippen molar-refractivity contribution < 1.29 is 13.2 Å². The third kappa shape index (κ3) is 2.59. The van der Waals surface area contributed by atoms with Gasteiger partial charge in [0, 0.05) is 11.1 Å². The fourth-order valence-electron chi connectivity index (χ4n) is 1.82. The van der Waals surface area contributed by atoms with Gasteiger partial charge in [0.2, 0.25) is 0 Å². The third-order valence-electron chi connectivity index (χ3n) is 2.97. The Labute approximate surface area is 131 Å². The van der Waals surface area contributed by atoms with E-state index < -0.39 is 23.1 Å². The molecular formula is C12H8Cl2F3N3O2. The van der Waals surface area contributed by atoms with Crippen LogP contribution in [0.2, 0.25) is 10.0 Å². The highest BCUT2D eigenvalue weighted by Crippen LogP contribution is 2.29. The molecule has 0 bridgehead atoms. The Bertz CT molecular complexity index is 872. The molecule has 2 N–H and O–H groups in total. The number of halogens is 5. The van der Waals surface area contributed by atoms with Gasteiger partial charge in [-0.3, -0.25) is 4.79 Å². The number of alkyl halides is 3. The molecule has 22 heavy (non-hydrogen) atoms. The predicted octanol–water partition coefficient (Wildman–Crippen LogP) is 2.35. The van der Waals surface area contributed by atoms with Gasteiger partial charge in [0.15, 0.2) is 5.69 Å². The average Bonchev–Trinajstić information content (AvgIpc) is 2.41. The van der Waals surface area contributed by atoms with E-state index in [-0.39, 0.29) is 26.5 Å². The normalized spacial score (nSPS) is 11.7. The summed E-state index contributed by atoms with van der Waals surface area (Å²) in [5.74, 6) is 5.15. The van der Waals surface area contributed by atoms with E-state index in [1.54, 1.807) is 0 Å². The summed E-state index contributed by atoms with van der Waals surface area (Å²) in [7, 11) is 0. The van der Waals surface area contributed by atoms with E-state index in [9.17, 15) is 22.8 Å². The van der Waals surface area contributed by atoms with Gasteiger partial charge in [-0.15, -0.1) is 0 Å². The minimum absolute atomic E-state index is 0.0357. The number of nitrogen functional groups attached to an aromatic ring is 1. The lowest BCUT2D eigenvalue weighted by Crippen LogP contribution is -2.45. The molecule has 2 rings (SSSR count). The summed E-state index contributed by atoms with van der Waals surface area (Å²) in [6, 6.07) is 2.83. The van der Waals surface area contributed by atoms with Gasteiger partial charge in [0.1, 0.15) is 0 Å². The number of nitrogens with two attached hydrogens (primary N) is 1. The van der Waals surface area contributed by atoms with Crippen LogP contribution in [0.1, 0.15) is 11.3 Å². The van der Waals surface area contributed by atoms with E-state index in [2.05, 4.69) is 0 Å². The largest absolute Gasteiger partial charge is 0.433 e. The van der Waals surface area contributed by atoms with Crippen molar-refractivity contribution in [2.75, 3.05) is 5.84 Å². The van der Waals surface area contributed by atoms with Crippen LogP contribution in [0.25, 0.3) is 5.69 Å². The summed E-state index contributed by atoms with van der Waals surface area (Å²) in [5, 5.41) is 0.244. The quantitative estimate of drug-likeness (QED) is 0.800. The Morgan fingerprint density at radius 1 is 1.18 bits per heavy atom. The summed E-state index contributed by atoms with van der Waals surface area (Å²) in [5.41, 5.74) is -3.87. The summed E-state index contributed by atoms with van der Waals surface area (Å²) in [6.07, 6.45) is -4.94. The lowest BCUT2D eigenvalue weighted by molar-refractivity contribution is -0.143. The number of hydrogen-bond donors (Lipinski definition) is 1. The Kier molecular flexibility index (Phi) is 4.01. The number of rotatable bonds is 1. The Balaban J connectivity index is 2.86. The minimum Gasteiger partial charge on any atom is -0.335 e. The fourth-order valence-corrected chi connectivity index (χ4v) is 2.27. The van der Waals surface area contributed by atoms with Gasteiger partial charge >= 0.3 is 11.9 Å². The topological polar surface area (TPSA) is 70.0 Å². The zero-order chi connectivity index (χ0) is 16.8. The van der Waals surface area contributed by atoms with Crippen LogP contribution in [0, 0.1) is 6.92 Å². The van der Waals surface area contributed by atoms with Crippen molar-refractivity contribution in [3.05, 3.63) is 60.3 Å². The highest BCUT2D eigenvalue weighted by molar-refractivity contribution is 6.37. The summed E-state index contributed by atoms with van der Waals surface area (Å²) in [4.78, 5) is 23.9. The maximum Gasteiger partial charge on any atom is 0.433 e. The first-order valence-electron chi connectivity index (χ1n) is 5.72. The standard InChI is InChI=1S/C12H8Cl2F3N3O2/c1-5-6(13)2-3-7(10(5)14)19-9(21)4-8(12(15,16)17)20(18)11(19)22/h2-4H,18H2,1H3. The van der Waals surface area contributed by atoms with E-state index in [0.717, 1.165) is 0 Å². The lowest BCUT2D eigenvalue weighted by Gasteiger charge is -2.15. The summed E-state index contributed by atoms with van der Waals surface area (Å²) >= 11 is 11.8.